The van der Waals surface area contributed by atoms with Gasteiger partial charge in [-0.1, -0.05) is 185 Å². The quantitative estimate of drug-likeness (QED) is 0.173. The third-order valence-corrected chi connectivity index (χ3v) is 15.3. The number of para-hydroxylation sites is 2. The summed E-state index contributed by atoms with van der Waals surface area (Å²) in [6, 6.07) is 52.6. The molecule has 378 valence electrons. The first-order chi connectivity index (χ1) is 34.4. The van der Waals surface area contributed by atoms with E-state index in [9.17, 15) is 0 Å². The molecule has 0 atom stereocenters. The number of nitrogens with zero attached hydrogens (tertiary/aromatic N) is 5. The molecule has 5 heteroatoms. The molecule has 0 N–H and O–H groups in total. The summed E-state index contributed by atoms with van der Waals surface area (Å²) in [5.74, 6) is 1.93. The first-order valence-corrected chi connectivity index (χ1v) is 26.8. The SMILES string of the molecule is CC(C)(C)c1cc(-c2nc(-c3cc(C(C)(C)C)cc(C(C)(C)C)c3)nc(-c3cc4c(cc3-n3c5ccc(C(C)(C)C)cc5c5cc(C(C)(C)C)ccc53)c3ccccc3n4-c3ccccc3)n2)cc(C(C)(C)C)c1. The van der Waals surface area contributed by atoms with Crippen LogP contribution in [0.4, 0.5) is 0 Å². The molecule has 0 aliphatic rings. The fourth-order valence-electron chi connectivity index (χ4n) is 10.4. The molecule has 0 saturated heterocycles. The van der Waals surface area contributed by atoms with E-state index in [-0.39, 0.29) is 32.5 Å². The van der Waals surface area contributed by atoms with Gasteiger partial charge in [0.2, 0.25) is 0 Å². The first-order valence-electron chi connectivity index (χ1n) is 26.8. The highest BCUT2D eigenvalue weighted by atomic mass is 15.1. The molecule has 10 rings (SSSR count). The molecule has 5 nitrogen and oxygen atoms in total. The van der Waals surface area contributed by atoms with Crippen molar-refractivity contribution in [2.75, 3.05) is 0 Å². The minimum Gasteiger partial charge on any atom is -0.309 e. The van der Waals surface area contributed by atoms with E-state index in [4.69, 9.17) is 15.0 Å². The number of hydrogen-bond acceptors (Lipinski definition) is 3. The van der Waals surface area contributed by atoms with Gasteiger partial charge in [-0.2, -0.15) is 0 Å². The summed E-state index contributed by atoms with van der Waals surface area (Å²) in [5, 5.41) is 4.81. The summed E-state index contributed by atoms with van der Waals surface area (Å²) < 4.78 is 4.90. The fraction of sp³-hybridized carbons (Fsp3) is 0.348. The van der Waals surface area contributed by atoms with Gasteiger partial charge in [0, 0.05) is 43.9 Å². The van der Waals surface area contributed by atoms with Crippen molar-refractivity contribution in [3.63, 3.8) is 0 Å². The molecule has 0 amide bonds. The average Bonchev–Trinajstić information content (AvgIpc) is 3.83. The molecule has 0 unspecified atom stereocenters. The maximum Gasteiger partial charge on any atom is 0.166 e. The molecule has 0 saturated carbocycles. The van der Waals surface area contributed by atoms with E-state index in [2.05, 4.69) is 273 Å². The zero-order valence-electron chi connectivity index (χ0n) is 47.5. The van der Waals surface area contributed by atoms with Crippen molar-refractivity contribution in [2.45, 2.75) is 157 Å². The zero-order chi connectivity index (χ0) is 53.2. The molecular weight excluding hydrogens is 899 g/mol. The number of aromatic nitrogens is 5. The minimum atomic E-state index is -0.114. The van der Waals surface area contributed by atoms with Crippen LogP contribution < -0.4 is 0 Å². The molecule has 0 spiro atoms. The fourth-order valence-corrected chi connectivity index (χ4v) is 10.4. The lowest BCUT2D eigenvalue weighted by atomic mass is 9.79. The maximum absolute atomic E-state index is 5.73. The van der Waals surface area contributed by atoms with Gasteiger partial charge in [-0.25, -0.2) is 15.0 Å². The summed E-state index contributed by atoms with van der Waals surface area (Å²) >= 11 is 0. The van der Waals surface area contributed by atoms with E-state index < -0.39 is 0 Å². The second-order valence-electron chi connectivity index (χ2n) is 27.3. The summed E-state index contributed by atoms with van der Waals surface area (Å²) in [7, 11) is 0. The molecule has 0 bridgehead atoms. The lowest BCUT2D eigenvalue weighted by Crippen LogP contribution is -2.17. The van der Waals surface area contributed by atoms with E-state index in [1.54, 1.807) is 0 Å². The van der Waals surface area contributed by atoms with Crippen LogP contribution >= 0.6 is 0 Å². The number of rotatable bonds is 5. The molecule has 10 aromatic rings. The molecule has 3 heterocycles. The molecule has 7 aromatic carbocycles. The highest BCUT2D eigenvalue weighted by Gasteiger charge is 2.29. The highest BCUT2D eigenvalue weighted by molar-refractivity contribution is 6.14. The van der Waals surface area contributed by atoms with E-state index in [1.165, 1.54) is 49.5 Å². The average molecular weight is 976 g/mol. The first kappa shape index (κ1) is 50.7. The van der Waals surface area contributed by atoms with Crippen LogP contribution in [-0.2, 0) is 32.5 Å². The molecule has 0 radical (unpaired) electrons. The van der Waals surface area contributed by atoms with Gasteiger partial charge >= 0.3 is 0 Å². The van der Waals surface area contributed by atoms with E-state index in [1.807, 2.05) is 0 Å². The second-order valence-corrected chi connectivity index (χ2v) is 27.3. The van der Waals surface area contributed by atoms with E-state index in [0.717, 1.165) is 55.5 Å². The van der Waals surface area contributed by atoms with Crippen molar-refractivity contribution in [2.24, 2.45) is 0 Å². The van der Waals surface area contributed by atoms with Gasteiger partial charge in [-0.05, 0) is 145 Å². The van der Waals surface area contributed by atoms with Gasteiger partial charge in [0.1, 0.15) is 0 Å². The van der Waals surface area contributed by atoms with Crippen LogP contribution in [0.25, 0.3) is 89.2 Å². The van der Waals surface area contributed by atoms with Crippen molar-refractivity contribution >= 4 is 43.6 Å². The lowest BCUT2D eigenvalue weighted by molar-refractivity contribution is 0.568. The van der Waals surface area contributed by atoms with Crippen LogP contribution in [-0.4, -0.2) is 24.1 Å². The summed E-state index contributed by atoms with van der Waals surface area (Å²) in [6.45, 7) is 41.4. The van der Waals surface area contributed by atoms with Gasteiger partial charge in [0.15, 0.2) is 17.5 Å². The number of fused-ring (bicyclic) bond motifs is 6. The van der Waals surface area contributed by atoms with Crippen molar-refractivity contribution in [1.82, 2.24) is 24.1 Å². The van der Waals surface area contributed by atoms with Gasteiger partial charge in [-0.3, -0.25) is 0 Å². The van der Waals surface area contributed by atoms with Crippen molar-refractivity contribution in [3.05, 3.63) is 173 Å². The van der Waals surface area contributed by atoms with Crippen LogP contribution in [0.3, 0.4) is 0 Å². The second kappa shape index (κ2) is 17.4. The van der Waals surface area contributed by atoms with Crippen LogP contribution in [0.2, 0.25) is 0 Å². The monoisotopic (exact) mass is 976 g/mol. The molecule has 3 aromatic heterocycles. The Kier molecular flexibility index (Phi) is 11.9. The predicted octanol–water partition coefficient (Wildman–Crippen LogP) is 18.9. The summed E-state index contributed by atoms with van der Waals surface area (Å²) in [6.07, 6.45) is 0. The smallest absolute Gasteiger partial charge is 0.166 e. The summed E-state index contributed by atoms with van der Waals surface area (Å²) in [4.78, 5) is 17.0. The third-order valence-electron chi connectivity index (χ3n) is 15.3. The Morgan fingerprint density at radius 2 is 0.662 bits per heavy atom. The standard InChI is InChI=1S/C69H77N5/c1-64(2,3)44-28-30-57-52(38-44)53-39-45(65(4,5)6)29-31-58(53)74(57)60-40-54-51-26-22-23-27-56(51)73(50-24-20-19-21-25-50)59(54)41-55(60)63-71-61(42-32-46(66(7,8)9)36-47(33-42)67(10,11)12)70-62(72-63)43-34-48(68(13,14)15)37-49(35-43)69(16,17)18/h19-41H,1-18H3. The van der Waals surface area contributed by atoms with Crippen molar-refractivity contribution in [1.29, 1.82) is 0 Å². The third kappa shape index (κ3) is 9.26. The topological polar surface area (TPSA) is 48.5 Å². The van der Waals surface area contributed by atoms with Crippen LogP contribution in [0.5, 0.6) is 0 Å². The van der Waals surface area contributed by atoms with Gasteiger partial charge < -0.3 is 9.13 Å². The Labute approximate surface area is 441 Å². The van der Waals surface area contributed by atoms with Gasteiger partial charge in [-0.15, -0.1) is 0 Å². The zero-order valence-corrected chi connectivity index (χ0v) is 47.5. The number of benzene rings is 7. The lowest BCUT2D eigenvalue weighted by Gasteiger charge is -2.26. The van der Waals surface area contributed by atoms with Crippen molar-refractivity contribution < 1.29 is 0 Å². The largest absolute Gasteiger partial charge is 0.309 e. The van der Waals surface area contributed by atoms with Gasteiger partial charge in [0.05, 0.1) is 27.8 Å². The van der Waals surface area contributed by atoms with Gasteiger partial charge in [0.25, 0.3) is 0 Å². The molecule has 74 heavy (non-hydrogen) atoms. The molecule has 0 aliphatic carbocycles. The maximum atomic E-state index is 5.73. The van der Waals surface area contributed by atoms with Crippen molar-refractivity contribution in [3.8, 4) is 45.5 Å². The van der Waals surface area contributed by atoms with Crippen LogP contribution in [0.1, 0.15) is 158 Å². The van der Waals surface area contributed by atoms with Crippen LogP contribution in [0.15, 0.2) is 140 Å². The molecule has 0 fully saturated rings. The summed E-state index contributed by atoms with van der Waals surface area (Å²) in [5.41, 5.74) is 16.6. The highest BCUT2D eigenvalue weighted by Crippen LogP contribution is 2.44. The predicted molar refractivity (Wildman–Crippen MR) is 317 cm³/mol. The Hall–Kier alpha value is -6.85. The van der Waals surface area contributed by atoms with E-state index >= 15 is 0 Å². The Morgan fingerprint density at radius 3 is 1.09 bits per heavy atom. The normalized spacial score (nSPS) is 13.3. The Bertz CT molecular complexity index is 3590. The Morgan fingerprint density at radius 1 is 0.284 bits per heavy atom. The molecule has 0 aliphatic heterocycles. The van der Waals surface area contributed by atoms with E-state index in [0.29, 0.717) is 17.5 Å². The Balaban J connectivity index is 1.40. The van der Waals surface area contributed by atoms with Crippen LogP contribution in [0, 0.1) is 0 Å². The minimum absolute atomic E-state index is 0.0421. The molecular formula is C69H77N5. The number of hydrogen-bond donors (Lipinski definition) is 0.